The second-order valence-electron chi connectivity index (χ2n) is 5.88. The zero-order valence-corrected chi connectivity index (χ0v) is 14.6. The number of benzene rings is 2. The number of quaternary nitrogens is 1. The average Bonchev–Trinajstić information content (AvgIpc) is 2.64. The second kappa shape index (κ2) is 8.24. The molecule has 14 N–H and O–H groups in total. The van der Waals surface area contributed by atoms with Gasteiger partial charge in [-0.25, -0.2) is 0 Å². The molecule has 0 atom stereocenters. The molecule has 0 saturated carbocycles. The van der Waals surface area contributed by atoms with Gasteiger partial charge in [0.15, 0.2) is 0 Å². The van der Waals surface area contributed by atoms with E-state index in [0.717, 1.165) is 49.8 Å². The summed E-state index contributed by atoms with van der Waals surface area (Å²) in [7, 11) is 10.3. The van der Waals surface area contributed by atoms with Gasteiger partial charge >= 0.3 is 0 Å². The van der Waals surface area contributed by atoms with Gasteiger partial charge in [-0.1, -0.05) is 0 Å². The molecule has 0 saturated heterocycles. The third kappa shape index (κ3) is 2.96. The third-order valence-corrected chi connectivity index (χ3v) is 4.92. The van der Waals surface area contributed by atoms with Crippen molar-refractivity contribution in [3.05, 3.63) is 40.4 Å². The van der Waals surface area contributed by atoms with E-state index in [9.17, 15) is 0 Å². The quantitative estimate of drug-likeness (QED) is 0.165. The van der Waals surface area contributed by atoms with E-state index in [0.29, 0.717) is 31.6 Å². The normalized spacial score (nSPS) is 11.5. The molecule has 0 bridgehead atoms. The molecule has 2 rings (SSSR count). The van der Waals surface area contributed by atoms with E-state index in [2.05, 4.69) is 7.05 Å². The van der Waals surface area contributed by atoms with Gasteiger partial charge in [0.2, 0.25) is 0 Å². The minimum absolute atomic E-state index is 0.261. The number of rotatable bonds is 7. The van der Waals surface area contributed by atoms with Crippen LogP contribution in [-0.2, 0) is 39.3 Å². The molecule has 0 aliphatic heterocycles. The van der Waals surface area contributed by atoms with Gasteiger partial charge in [-0.3, -0.25) is 0 Å². The average molecular weight is 341 g/mol. The van der Waals surface area contributed by atoms with Crippen molar-refractivity contribution in [3.63, 3.8) is 0 Å². The predicted octanol–water partition coefficient (Wildman–Crippen LogP) is -2.63. The molecule has 134 valence electrons. The molecule has 0 heterocycles. The molecule has 7 nitrogen and oxygen atoms in total. The summed E-state index contributed by atoms with van der Waals surface area (Å²) in [5, 5.41) is 3.55. The van der Waals surface area contributed by atoms with Gasteiger partial charge in [-0.15, -0.1) is 7.05 Å². The fourth-order valence-corrected chi connectivity index (χ4v) is 3.83. The van der Waals surface area contributed by atoms with Gasteiger partial charge in [-0.2, -0.15) is 0 Å². The molecule has 0 amide bonds. The summed E-state index contributed by atoms with van der Waals surface area (Å²) in [6.45, 7) is 1.78. The van der Waals surface area contributed by atoms with Crippen LogP contribution < -0.4 is 45.2 Å². The first-order chi connectivity index (χ1) is 12.1. The number of hydrogen-bond acceptors (Lipinski definition) is 6. The van der Waals surface area contributed by atoms with Crippen LogP contribution in [0.1, 0.15) is 33.4 Å². The summed E-state index contributed by atoms with van der Waals surface area (Å²) in [5.41, 5.74) is 43.1. The number of nitrogens with two attached hydrogens (primary N) is 7. The van der Waals surface area contributed by atoms with E-state index >= 15 is 0 Å². The molecule has 0 aliphatic carbocycles. The van der Waals surface area contributed by atoms with Gasteiger partial charge in [0.25, 0.3) is 0 Å². The van der Waals surface area contributed by atoms with Crippen molar-refractivity contribution in [3.8, 4) is 0 Å². The van der Waals surface area contributed by atoms with Gasteiger partial charge in [0, 0.05) is 44.8 Å². The highest BCUT2D eigenvalue weighted by Crippen LogP contribution is 2.36. The molecular weight excluding hydrogens is 313 g/mol. The van der Waals surface area contributed by atoms with E-state index in [1.165, 1.54) is 0 Å². The maximum absolute atomic E-state index is 6.39. The molecule has 0 unspecified atom stereocenters. The molecule has 0 aromatic heterocycles. The monoisotopic (exact) mass is 341 g/mol. The highest BCUT2D eigenvalue weighted by Gasteiger charge is 2.24. The first-order valence-electron chi connectivity index (χ1n) is 8.31. The maximum atomic E-state index is 6.39. The highest BCUT2D eigenvalue weighted by molar-refractivity contribution is 6.38. The van der Waals surface area contributed by atoms with Crippen LogP contribution in [0.2, 0.25) is 0 Å². The Hall–Kier alpha value is -1.52. The minimum atomic E-state index is 0.261. The summed E-state index contributed by atoms with van der Waals surface area (Å²) in [6, 6.07) is 0. The number of hydrogen-bond donors (Lipinski definition) is 7. The van der Waals surface area contributed by atoms with Crippen LogP contribution in [-0.4, -0.2) is 7.85 Å². The maximum Gasteiger partial charge on any atom is 0.122 e. The highest BCUT2D eigenvalue weighted by atomic mass is 14.8. The minimum Gasteiger partial charge on any atom is -0.446 e. The smallest absolute Gasteiger partial charge is 0.122 e. The topological polar surface area (TPSA) is 173 Å². The van der Waals surface area contributed by atoms with Crippen LogP contribution in [0.4, 0.5) is 5.69 Å². The van der Waals surface area contributed by atoms with Gasteiger partial charge in [0.05, 0.1) is 0 Å². The van der Waals surface area contributed by atoms with Crippen molar-refractivity contribution < 1.29 is 5.32 Å². The second-order valence-corrected chi connectivity index (χ2v) is 5.88. The fraction of sp³-hybridized carbons (Fsp3) is 0.353. The van der Waals surface area contributed by atoms with Crippen molar-refractivity contribution in [2.24, 2.45) is 34.4 Å². The van der Waals surface area contributed by atoms with E-state index in [1.807, 2.05) is 0 Å². The van der Waals surface area contributed by atoms with E-state index in [4.69, 9.17) is 42.2 Å². The molecule has 8 heteroatoms. The predicted molar refractivity (Wildman–Crippen MR) is 104 cm³/mol. The van der Waals surface area contributed by atoms with Crippen LogP contribution in [0.15, 0.2) is 0 Å². The summed E-state index contributed by atoms with van der Waals surface area (Å²) >= 11 is 0. The summed E-state index contributed by atoms with van der Waals surface area (Å²) in [6.07, 6.45) is 0. The molecular formula is C17H28BN7. The standard InChI is InChI=1S/C17H28BN7/c1-25-17-13(7-24)15-11(5-22)9(3-20)8(2-19)10(4-21)14(15)12(6-23)16(17)18/h1-7,19-25H2. The van der Waals surface area contributed by atoms with Crippen molar-refractivity contribution >= 4 is 29.8 Å². The van der Waals surface area contributed by atoms with Crippen LogP contribution in [0.3, 0.4) is 0 Å². The van der Waals surface area contributed by atoms with Gasteiger partial charge in [0.1, 0.15) is 13.5 Å². The zero-order chi connectivity index (χ0) is 18.7. The Morgan fingerprint density at radius 2 is 0.960 bits per heavy atom. The molecule has 2 radical (unpaired) electrons. The fourth-order valence-electron chi connectivity index (χ4n) is 3.83. The lowest BCUT2D eigenvalue weighted by Crippen LogP contribution is -2.72. The Balaban J connectivity index is 3.27. The van der Waals surface area contributed by atoms with Crippen LogP contribution in [0.25, 0.3) is 10.8 Å². The van der Waals surface area contributed by atoms with Crippen molar-refractivity contribution in [1.82, 2.24) is 0 Å². The Morgan fingerprint density at radius 3 is 1.28 bits per heavy atom. The van der Waals surface area contributed by atoms with Crippen LogP contribution in [0.5, 0.6) is 0 Å². The molecule has 0 fully saturated rings. The molecule has 0 aliphatic rings. The lowest BCUT2D eigenvalue weighted by atomic mass is 9.77. The van der Waals surface area contributed by atoms with E-state index < -0.39 is 0 Å². The summed E-state index contributed by atoms with van der Waals surface area (Å²) < 4.78 is 0. The third-order valence-electron chi connectivity index (χ3n) is 4.92. The first kappa shape index (κ1) is 19.8. The van der Waals surface area contributed by atoms with Crippen molar-refractivity contribution in [1.29, 1.82) is 0 Å². The first-order valence-corrected chi connectivity index (χ1v) is 8.31. The van der Waals surface area contributed by atoms with Gasteiger partial charge < -0.3 is 39.7 Å². The zero-order valence-electron chi connectivity index (χ0n) is 14.6. The lowest BCUT2D eigenvalue weighted by Gasteiger charge is -2.26. The van der Waals surface area contributed by atoms with E-state index in [-0.39, 0.29) is 13.1 Å². The molecule has 25 heavy (non-hydrogen) atoms. The van der Waals surface area contributed by atoms with Crippen LogP contribution >= 0.6 is 0 Å². The largest absolute Gasteiger partial charge is 0.446 e. The molecule has 2 aromatic rings. The molecule has 0 spiro atoms. The SMILES string of the molecule is [B]c1c([NH2+][CH2-])c(CN)c2c(CN)c(CN)c(CN)c(CN)c2c1CN. The van der Waals surface area contributed by atoms with Crippen molar-refractivity contribution in [2.75, 3.05) is 0 Å². The Morgan fingerprint density at radius 1 is 0.600 bits per heavy atom. The molecule has 2 aromatic carbocycles. The summed E-state index contributed by atoms with van der Waals surface area (Å²) in [5.74, 6) is 0. The Kier molecular flexibility index (Phi) is 6.53. The van der Waals surface area contributed by atoms with Gasteiger partial charge in [-0.05, 0) is 44.1 Å². The van der Waals surface area contributed by atoms with Crippen molar-refractivity contribution in [2.45, 2.75) is 39.3 Å². The lowest BCUT2D eigenvalue weighted by molar-refractivity contribution is -0.504. The van der Waals surface area contributed by atoms with E-state index in [1.54, 1.807) is 5.32 Å². The Labute approximate surface area is 149 Å². The Bertz CT molecular complexity index is 789. The number of fused-ring (bicyclic) bond motifs is 1. The van der Waals surface area contributed by atoms with Crippen LogP contribution in [0, 0.1) is 7.05 Å². The summed E-state index contributed by atoms with van der Waals surface area (Å²) in [4.78, 5) is 0.